The summed E-state index contributed by atoms with van der Waals surface area (Å²) in [5, 5.41) is 5.48. The van der Waals surface area contributed by atoms with Crippen molar-refractivity contribution in [3.05, 3.63) is 87.7 Å². The van der Waals surface area contributed by atoms with Crippen molar-refractivity contribution >= 4 is 33.4 Å². The van der Waals surface area contributed by atoms with Crippen molar-refractivity contribution < 1.29 is 14.0 Å². The molecule has 0 radical (unpaired) electrons. The minimum absolute atomic E-state index is 0.211. The molecule has 2 aromatic carbocycles. The molecular weight excluding hydrogens is 427 g/mol. The minimum Gasteiger partial charge on any atom is -0.368 e. The number of halogens is 1. The van der Waals surface area contributed by atoms with E-state index in [2.05, 4.69) is 5.10 Å². The molecule has 1 atom stereocenters. The second-order valence-corrected chi connectivity index (χ2v) is 9.05. The quantitative estimate of drug-likeness (QED) is 0.518. The normalized spacial score (nSPS) is 15.7. The first-order chi connectivity index (χ1) is 15.4. The van der Waals surface area contributed by atoms with Crippen LogP contribution in [-0.2, 0) is 24.3 Å². The molecule has 1 aliphatic rings. The largest absolute Gasteiger partial charge is 0.368 e. The van der Waals surface area contributed by atoms with E-state index in [1.54, 1.807) is 17.0 Å². The number of carbonyl (C=O) groups excluding carboxylic acids is 2. The van der Waals surface area contributed by atoms with E-state index in [0.29, 0.717) is 24.4 Å². The molecular formula is C24H21FN4O2S. The summed E-state index contributed by atoms with van der Waals surface area (Å²) in [6, 6.07) is 15.2. The second-order valence-electron chi connectivity index (χ2n) is 8.02. The Kier molecular flexibility index (Phi) is 5.01. The molecule has 3 heterocycles. The van der Waals surface area contributed by atoms with E-state index in [-0.39, 0.29) is 11.7 Å². The van der Waals surface area contributed by atoms with Gasteiger partial charge in [-0.05, 0) is 41.8 Å². The van der Waals surface area contributed by atoms with Gasteiger partial charge in [0.15, 0.2) is 0 Å². The van der Waals surface area contributed by atoms with Crippen molar-refractivity contribution in [2.45, 2.75) is 32.5 Å². The third-order valence-corrected chi connectivity index (χ3v) is 7.04. The fourth-order valence-corrected chi connectivity index (χ4v) is 5.34. The van der Waals surface area contributed by atoms with Crippen LogP contribution >= 0.6 is 11.3 Å². The van der Waals surface area contributed by atoms with Gasteiger partial charge in [0.25, 0.3) is 5.91 Å². The lowest BCUT2D eigenvalue weighted by Crippen LogP contribution is -2.51. The molecule has 0 aliphatic carbocycles. The molecule has 0 bridgehead atoms. The zero-order valence-corrected chi connectivity index (χ0v) is 18.2. The van der Waals surface area contributed by atoms with Gasteiger partial charge in [0.2, 0.25) is 5.91 Å². The van der Waals surface area contributed by atoms with E-state index in [1.807, 2.05) is 41.9 Å². The molecule has 0 saturated heterocycles. The van der Waals surface area contributed by atoms with E-state index < -0.39 is 11.9 Å². The van der Waals surface area contributed by atoms with Crippen LogP contribution in [0.15, 0.2) is 54.6 Å². The fourth-order valence-electron chi connectivity index (χ4n) is 4.22. The number of hydrogen-bond acceptors (Lipinski definition) is 4. The molecule has 2 aromatic heterocycles. The third-order valence-electron chi connectivity index (χ3n) is 5.90. The molecule has 0 fully saturated rings. The van der Waals surface area contributed by atoms with E-state index in [1.165, 1.54) is 23.5 Å². The SMILES string of the molecule is Cc1nn(Cc2ccc(F)cc2)c2sc(C(=O)N3Cc4ccccc4CC3C(N)=O)cc12. The molecule has 2 amide bonds. The van der Waals surface area contributed by atoms with E-state index in [0.717, 1.165) is 32.6 Å². The van der Waals surface area contributed by atoms with Crippen molar-refractivity contribution in [3.8, 4) is 0 Å². The molecule has 6 nitrogen and oxygen atoms in total. The van der Waals surface area contributed by atoms with Gasteiger partial charge >= 0.3 is 0 Å². The minimum atomic E-state index is -0.681. The van der Waals surface area contributed by atoms with Crippen molar-refractivity contribution in [1.29, 1.82) is 0 Å². The number of nitrogens with two attached hydrogens (primary N) is 1. The van der Waals surface area contributed by atoms with E-state index >= 15 is 0 Å². The molecule has 2 N–H and O–H groups in total. The summed E-state index contributed by atoms with van der Waals surface area (Å²) < 4.78 is 15.1. The Bertz CT molecular complexity index is 1340. The predicted octanol–water partition coefficient (Wildman–Crippen LogP) is 3.65. The van der Waals surface area contributed by atoms with Gasteiger partial charge in [-0.1, -0.05) is 36.4 Å². The highest BCUT2D eigenvalue weighted by atomic mass is 32.1. The van der Waals surface area contributed by atoms with Crippen LogP contribution < -0.4 is 5.73 Å². The van der Waals surface area contributed by atoms with Crippen molar-refractivity contribution in [2.75, 3.05) is 0 Å². The van der Waals surface area contributed by atoms with Crippen molar-refractivity contribution in [1.82, 2.24) is 14.7 Å². The zero-order valence-electron chi connectivity index (χ0n) is 17.4. The van der Waals surface area contributed by atoms with E-state index in [4.69, 9.17) is 5.73 Å². The Morgan fingerprint density at radius 3 is 2.59 bits per heavy atom. The monoisotopic (exact) mass is 448 g/mol. The van der Waals surface area contributed by atoms with Gasteiger partial charge in [-0.25, -0.2) is 4.39 Å². The van der Waals surface area contributed by atoms with E-state index in [9.17, 15) is 14.0 Å². The molecule has 1 unspecified atom stereocenters. The number of aromatic nitrogens is 2. The van der Waals surface area contributed by atoms with Crippen LogP contribution in [0.5, 0.6) is 0 Å². The summed E-state index contributed by atoms with van der Waals surface area (Å²) in [6.45, 7) is 2.71. The van der Waals surface area contributed by atoms with Gasteiger partial charge in [-0.2, -0.15) is 5.10 Å². The fraction of sp³-hybridized carbons (Fsp3) is 0.208. The Balaban J connectivity index is 1.48. The standard InChI is InChI=1S/C24H21FN4O2S/c1-14-19-11-21(32-24(19)29(27-14)12-15-6-8-18(25)9-7-15)23(31)28-13-17-5-3-2-4-16(17)10-20(28)22(26)30/h2-9,11,20H,10,12-13H2,1H3,(H2,26,30). The van der Waals surface area contributed by atoms with Gasteiger partial charge in [-0.3, -0.25) is 14.3 Å². The molecule has 4 aromatic rings. The maximum absolute atomic E-state index is 13.5. The van der Waals surface area contributed by atoms with Crippen molar-refractivity contribution in [2.24, 2.45) is 5.73 Å². The molecule has 0 saturated carbocycles. The van der Waals surface area contributed by atoms with Crippen LogP contribution in [0.2, 0.25) is 0 Å². The number of rotatable bonds is 4. The van der Waals surface area contributed by atoms with Crippen LogP contribution in [0.4, 0.5) is 4.39 Å². The number of primary amides is 1. The first-order valence-corrected chi connectivity index (χ1v) is 11.1. The summed E-state index contributed by atoms with van der Waals surface area (Å²) in [5.41, 5.74) is 9.46. The predicted molar refractivity (Wildman–Crippen MR) is 121 cm³/mol. The van der Waals surface area contributed by atoms with Crippen LogP contribution in [0.3, 0.4) is 0 Å². The number of carbonyl (C=O) groups is 2. The number of fused-ring (bicyclic) bond motifs is 2. The summed E-state index contributed by atoms with van der Waals surface area (Å²) >= 11 is 1.35. The molecule has 0 spiro atoms. The number of aryl methyl sites for hydroxylation is 1. The summed E-state index contributed by atoms with van der Waals surface area (Å²) in [6.07, 6.45) is 0.416. The summed E-state index contributed by atoms with van der Waals surface area (Å²) in [4.78, 5) is 28.6. The number of hydrogen-bond donors (Lipinski definition) is 1. The van der Waals surface area contributed by atoms with Gasteiger partial charge in [0.1, 0.15) is 16.7 Å². The molecule has 162 valence electrons. The van der Waals surface area contributed by atoms with Crippen LogP contribution in [-0.4, -0.2) is 32.5 Å². The first-order valence-electron chi connectivity index (χ1n) is 10.3. The molecule has 32 heavy (non-hydrogen) atoms. The maximum atomic E-state index is 13.5. The number of amides is 2. The second kappa shape index (κ2) is 7.87. The Labute approximate surface area is 188 Å². The number of nitrogens with zero attached hydrogens (tertiary/aromatic N) is 3. The molecule has 1 aliphatic heterocycles. The van der Waals surface area contributed by atoms with Gasteiger partial charge < -0.3 is 10.6 Å². The Morgan fingerprint density at radius 2 is 1.88 bits per heavy atom. The zero-order chi connectivity index (χ0) is 22.4. The lowest BCUT2D eigenvalue weighted by atomic mass is 9.93. The van der Waals surface area contributed by atoms with Gasteiger partial charge in [-0.15, -0.1) is 11.3 Å². The maximum Gasteiger partial charge on any atom is 0.265 e. The van der Waals surface area contributed by atoms with Crippen LogP contribution in [0, 0.1) is 12.7 Å². The van der Waals surface area contributed by atoms with Crippen molar-refractivity contribution in [3.63, 3.8) is 0 Å². The van der Waals surface area contributed by atoms with Crippen LogP contribution in [0.1, 0.15) is 32.1 Å². The smallest absolute Gasteiger partial charge is 0.265 e. The number of thiophene rings is 1. The number of benzene rings is 2. The lowest BCUT2D eigenvalue weighted by Gasteiger charge is -2.34. The Morgan fingerprint density at radius 1 is 1.16 bits per heavy atom. The average Bonchev–Trinajstić information content (AvgIpc) is 3.35. The summed E-state index contributed by atoms with van der Waals surface area (Å²) in [5.74, 6) is -1.00. The first kappa shape index (κ1) is 20.4. The highest BCUT2D eigenvalue weighted by Crippen LogP contribution is 2.32. The average molecular weight is 449 g/mol. The highest BCUT2D eigenvalue weighted by Gasteiger charge is 2.34. The highest BCUT2D eigenvalue weighted by molar-refractivity contribution is 7.20. The topological polar surface area (TPSA) is 81.2 Å². The lowest BCUT2D eigenvalue weighted by molar-refractivity contribution is -0.122. The van der Waals surface area contributed by atoms with Gasteiger partial charge in [0.05, 0.1) is 17.1 Å². The third kappa shape index (κ3) is 3.56. The molecule has 5 rings (SSSR count). The summed E-state index contributed by atoms with van der Waals surface area (Å²) in [7, 11) is 0. The molecule has 8 heteroatoms. The van der Waals surface area contributed by atoms with Gasteiger partial charge in [0, 0.05) is 18.4 Å². The van der Waals surface area contributed by atoms with Crippen LogP contribution in [0.25, 0.3) is 10.2 Å². The Hall–Kier alpha value is -3.52.